The lowest BCUT2D eigenvalue weighted by Crippen LogP contribution is -2.59. The second-order valence-corrected chi connectivity index (χ2v) is 11.7. The van der Waals surface area contributed by atoms with Crippen LogP contribution in [0.25, 0.3) is 0 Å². The van der Waals surface area contributed by atoms with Crippen molar-refractivity contribution in [1.82, 2.24) is 0 Å². The molecule has 3 rings (SSSR count). The Morgan fingerprint density at radius 2 is 1.60 bits per heavy atom. The van der Waals surface area contributed by atoms with E-state index in [0.717, 1.165) is 29.6 Å². The summed E-state index contributed by atoms with van der Waals surface area (Å²) in [5.41, 5.74) is 1.80. The lowest BCUT2D eigenvalue weighted by molar-refractivity contribution is -0.174. The zero-order valence-corrected chi connectivity index (χ0v) is 18.5. The first-order valence-electron chi connectivity index (χ1n) is 11.6. The highest BCUT2D eigenvalue weighted by atomic mass is 14.7. The molecular weight excluding hydrogens is 300 g/mol. The van der Waals surface area contributed by atoms with Crippen molar-refractivity contribution in [3.63, 3.8) is 0 Å². The van der Waals surface area contributed by atoms with Crippen molar-refractivity contribution >= 4 is 0 Å². The molecule has 0 nitrogen and oxygen atoms in total. The molecule has 3 aliphatic carbocycles. The summed E-state index contributed by atoms with van der Waals surface area (Å²) in [6, 6.07) is 0. The van der Waals surface area contributed by atoms with Gasteiger partial charge in [-0.15, -0.1) is 0 Å². The third-order valence-electron chi connectivity index (χ3n) is 9.95. The van der Waals surface area contributed by atoms with E-state index in [2.05, 4.69) is 48.5 Å². The highest BCUT2D eigenvalue weighted by molar-refractivity contribution is 5.10. The van der Waals surface area contributed by atoms with Crippen LogP contribution in [-0.4, -0.2) is 0 Å². The molecule has 0 N–H and O–H groups in total. The predicted octanol–water partition coefficient (Wildman–Crippen LogP) is 8.11. The molecular formula is C25H46. The smallest absolute Gasteiger partial charge is 0.0259 e. The fraction of sp³-hybridized carbons (Fsp3) is 1.00. The SMILES string of the molecule is CCC(C)CC[C@H]1[C@H](C)CCC2[C@]3(C)CCCC(C)(C)C3CC[C@@]21C. The van der Waals surface area contributed by atoms with Crippen LogP contribution in [0, 0.1) is 45.8 Å². The van der Waals surface area contributed by atoms with Gasteiger partial charge in [-0.3, -0.25) is 0 Å². The zero-order chi connectivity index (χ0) is 18.5. The highest BCUT2D eigenvalue weighted by Gasteiger charge is 2.61. The molecule has 25 heavy (non-hydrogen) atoms. The average molecular weight is 347 g/mol. The summed E-state index contributed by atoms with van der Waals surface area (Å²) in [6.45, 7) is 18.1. The number of hydrogen-bond donors (Lipinski definition) is 0. The van der Waals surface area contributed by atoms with Crippen molar-refractivity contribution in [3.8, 4) is 0 Å². The molecule has 0 heterocycles. The van der Waals surface area contributed by atoms with Crippen molar-refractivity contribution in [2.75, 3.05) is 0 Å². The molecule has 0 heteroatoms. The van der Waals surface area contributed by atoms with E-state index in [4.69, 9.17) is 0 Å². The van der Waals surface area contributed by atoms with E-state index in [1.54, 1.807) is 0 Å². The van der Waals surface area contributed by atoms with Crippen molar-refractivity contribution in [2.45, 2.75) is 113 Å². The largest absolute Gasteiger partial charge is 0.0651 e. The Bertz CT molecular complexity index is 463. The molecule has 3 fully saturated rings. The van der Waals surface area contributed by atoms with E-state index in [9.17, 15) is 0 Å². The summed E-state index contributed by atoms with van der Waals surface area (Å²) >= 11 is 0. The Hall–Kier alpha value is 0. The number of fused-ring (bicyclic) bond motifs is 3. The van der Waals surface area contributed by atoms with E-state index in [0.29, 0.717) is 16.2 Å². The predicted molar refractivity (Wildman–Crippen MR) is 111 cm³/mol. The molecule has 0 aromatic rings. The molecule has 3 unspecified atom stereocenters. The quantitative estimate of drug-likeness (QED) is 0.482. The average Bonchev–Trinajstić information content (AvgIpc) is 2.52. The zero-order valence-electron chi connectivity index (χ0n) is 18.5. The highest BCUT2D eigenvalue weighted by Crippen LogP contribution is 2.69. The molecule has 0 radical (unpaired) electrons. The van der Waals surface area contributed by atoms with E-state index >= 15 is 0 Å². The van der Waals surface area contributed by atoms with Gasteiger partial charge in [-0.25, -0.2) is 0 Å². The number of rotatable bonds is 4. The second kappa shape index (κ2) is 6.87. The standard InChI is InChI=1S/C25H46/c1-8-18(2)10-12-20-19(3)11-13-22-24(20,6)17-14-21-23(4,5)15-9-16-25(21,22)7/h18-22H,8-17H2,1-7H3/t18?,19-,20+,21?,22?,24-,25-/m1/s1. The van der Waals surface area contributed by atoms with Crippen molar-refractivity contribution in [3.05, 3.63) is 0 Å². The molecule has 3 saturated carbocycles. The fourth-order valence-electron chi connectivity index (χ4n) is 8.35. The topological polar surface area (TPSA) is 0 Å². The minimum atomic E-state index is 0.573. The lowest BCUT2D eigenvalue weighted by Gasteiger charge is -2.66. The second-order valence-electron chi connectivity index (χ2n) is 11.7. The molecule has 0 aromatic carbocycles. The Labute approximate surface area is 158 Å². The van der Waals surface area contributed by atoms with Crippen LogP contribution in [0.2, 0.25) is 0 Å². The first kappa shape index (κ1) is 19.8. The molecule has 0 spiro atoms. The summed E-state index contributed by atoms with van der Waals surface area (Å²) in [7, 11) is 0. The van der Waals surface area contributed by atoms with Gasteiger partial charge < -0.3 is 0 Å². The Morgan fingerprint density at radius 1 is 0.880 bits per heavy atom. The van der Waals surface area contributed by atoms with E-state index < -0.39 is 0 Å². The van der Waals surface area contributed by atoms with Crippen LogP contribution >= 0.6 is 0 Å². The minimum Gasteiger partial charge on any atom is -0.0651 e. The molecule has 0 amide bonds. The molecule has 0 bridgehead atoms. The summed E-state index contributed by atoms with van der Waals surface area (Å²) in [6.07, 6.45) is 14.8. The van der Waals surface area contributed by atoms with E-state index in [1.807, 2.05) is 0 Å². The lowest BCUT2D eigenvalue weighted by atomic mass is 9.38. The molecule has 0 aliphatic heterocycles. The summed E-state index contributed by atoms with van der Waals surface area (Å²) in [5, 5.41) is 0. The summed E-state index contributed by atoms with van der Waals surface area (Å²) in [5.74, 6) is 4.79. The fourth-order valence-corrected chi connectivity index (χ4v) is 8.35. The van der Waals surface area contributed by atoms with E-state index in [1.165, 1.54) is 64.2 Å². The van der Waals surface area contributed by atoms with Gasteiger partial charge in [0.2, 0.25) is 0 Å². The molecule has 7 atom stereocenters. The van der Waals surface area contributed by atoms with Gasteiger partial charge in [0.05, 0.1) is 0 Å². The number of hydrogen-bond acceptors (Lipinski definition) is 0. The maximum Gasteiger partial charge on any atom is -0.0259 e. The minimum absolute atomic E-state index is 0.573. The molecule has 0 aromatic heterocycles. The van der Waals surface area contributed by atoms with Crippen molar-refractivity contribution in [1.29, 1.82) is 0 Å². The third kappa shape index (κ3) is 3.23. The van der Waals surface area contributed by atoms with Crippen LogP contribution in [-0.2, 0) is 0 Å². The molecule has 146 valence electrons. The van der Waals surface area contributed by atoms with Gasteiger partial charge in [0.15, 0.2) is 0 Å². The van der Waals surface area contributed by atoms with Crippen LogP contribution < -0.4 is 0 Å². The van der Waals surface area contributed by atoms with Gasteiger partial charge in [-0.2, -0.15) is 0 Å². The van der Waals surface area contributed by atoms with Crippen molar-refractivity contribution < 1.29 is 0 Å². The summed E-state index contributed by atoms with van der Waals surface area (Å²) < 4.78 is 0. The maximum atomic E-state index is 2.73. The molecule has 3 aliphatic rings. The normalized spacial score (nSPS) is 47.6. The van der Waals surface area contributed by atoms with Gasteiger partial charge in [0.25, 0.3) is 0 Å². The first-order valence-corrected chi connectivity index (χ1v) is 11.6. The third-order valence-corrected chi connectivity index (χ3v) is 9.95. The maximum absolute atomic E-state index is 2.73. The van der Waals surface area contributed by atoms with Crippen molar-refractivity contribution in [2.24, 2.45) is 45.8 Å². The van der Waals surface area contributed by atoms with Crippen LogP contribution in [0.15, 0.2) is 0 Å². The Kier molecular flexibility index (Phi) is 5.43. The Balaban J connectivity index is 1.87. The van der Waals surface area contributed by atoms with Gasteiger partial charge >= 0.3 is 0 Å². The molecule has 0 saturated heterocycles. The van der Waals surface area contributed by atoms with Crippen LogP contribution in [0.1, 0.15) is 113 Å². The van der Waals surface area contributed by atoms with Gasteiger partial charge in [-0.1, -0.05) is 74.1 Å². The van der Waals surface area contributed by atoms with Gasteiger partial charge in [-0.05, 0) is 84.4 Å². The van der Waals surface area contributed by atoms with Crippen LogP contribution in [0.4, 0.5) is 0 Å². The summed E-state index contributed by atoms with van der Waals surface area (Å²) in [4.78, 5) is 0. The van der Waals surface area contributed by atoms with E-state index in [-0.39, 0.29) is 0 Å². The van der Waals surface area contributed by atoms with Gasteiger partial charge in [0.1, 0.15) is 0 Å². The van der Waals surface area contributed by atoms with Crippen LogP contribution in [0.3, 0.4) is 0 Å². The van der Waals surface area contributed by atoms with Crippen LogP contribution in [0.5, 0.6) is 0 Å². The Morgan fingerprint density at radius 3 is 2.28 bits per heavy atom. The van der Waals surface area contributed by atoms with Gasteiger partial charge in [0, 0.05) is 0 Å². The monoisotopic (exact) mass is 346 g/mol. The first-order chi connectivity index (χ1) is 11.6.